The van der Waals surface area contributed by atoms with E-state index in [0.717, 1.165) is 25.1 Å². The van der Waals surface area contributed by atoms with Crippen LogP contribution in [0.25, 0.3) is 10.2 Å². The Balaban J connectivity index is 1.40. The molecule has 0 aliphatic carbocycles. The Bertz CT molecular complexity index is 1100. The molecule has 5 nitrogen and oxygen atoms in total. The summed E-state index contributed by atoms with van der Waals surface area (Å²) in [6.45, 7) is 2.29. The highest BCUT2D eigenvalue weighted by atomic mass is 127. The number of carbonyl (C=O) groups excluding carboxylic acids is 1. The number of ether oxygens (including phenoxy) is 1. The third-order valence-corrected chi connectivity index (χ3v) is 5.50. The number of carbonyl (C=O) groups is 1. The van der Waals surface area contributed by atoms with E-state index >= 15 is 0 Å². The third-order valence-electron chi connectivity index (χ3n) is 3.84. The Morgan fingerprint density at radius 3 is 2.81 bits per heavy atom. The van der Waals surface area contributed by atoms with Gasteiger partial charge in [-0.2, -0.15) is 0 Å². The predicted molar refractivity (Wildman–Crippen MR) is 115 cm³/mol. The third kappa shape index (κ3) is 4.30. The van der Waals surface area contributed by atoms with Gasteiger partial charge in [0.25, 0.3) is 5.91 Å². The lowest BCUT2D eigenvalue weighted by Crippen LogP contribution is -2.10. The maximum atomic E-state index is 12.4. The summed E-state index contributed by atoms with van der Waals surface area (Å²) in [6, 6.07) is 17.1. The number of fused-ring (bicyclic) bond motifs is 1. The first-order valence-electron chi connectivity index (χ1n) is 8.22. The number of nitrogens with zero attached hydrogens (tertiary/aromatic N) is 1. The number of benzene rings is 2. The number of nitrogens with one attached hydrogen (secondary N) is 1. The molecule has 0 aliphatic heterocycles. The molecule has 4 aromatic rings. The highest BCUT2D eigenvalue weighted by Crippen LogP contribution is 2.27. The van der Waals surface area contributed by atoms with Crippen LogP contribution in [-0.4, -0.2) is 10.9 Å². The highest BCUT2D eigenvalue weighted by Gasteiger charge is 2.14. The van der Waals surface area contributed by atoms with Gasteiger partial charge in [0.15, 0.2) is 10.9 Å². The lowest BCUT2D eigenvalue weighted by molar-refractivity contribution is 0.0992. The second kappa shape index (κ2) is 7.69. The largest absolute Gasteiger partial charge is 0.486 e. The minimum Gasteiger partial charge on any atom is -0.486 e. The molecule has 0 spiro atoms. The average molecular weight is 490 g/mol. The summed E-state index contributed by atoms with van der Waals surface area (Å²) in [5.41, 5.74) is 2.03. The zero-order chi connectivity index (χ0) is 18.8. The summed E-state index contributed by atoms with van der Waals surface area (Å²) in [7, 11) is 0. The second-order valence-corrected chi connectivity index (χ2v) is 8.23. The Labute approximate surface area is 173 Å². The Hall–Kier alpha value is -2.39. The first-order valence-corrected chi connectivity index (χ1v) is 10.1. The SMILES string of the molecule is Cc1ccc2nc(NC(=O)c3ccc(COc4ccc(I)cc4)o3)sc2c1. The molecule has 1 N–H and O–H groups in total. The van der Waals surface area contributed by atoms with Crippen LogP contribution >= 0.6 is 33.9 Å². The van der Waals surface area contributed by atoms with Crippen LogP contribution in [0.2, 0.25) is 0 Å². The fourth-order valence-electron chi connectivity index (χ4n) is 2.51. The van der Waals surface area contributed by atoms with Crippen molar-refractivity contribution >= 4 is 55.2 Å². The highest BCUT2D eigenvalue weighted by molar-refractivity contribution is 14.1. The normalized spacial score (nSPS) is 10.9. The number of hydrogen-bond acceptors (Lipinski definition) is 5. The number of rotatable bonds is 5. The van der Waals surface area contributed by atoms with Gasteiger partial charge >= 0.3 is 0 Å². The predicted octanol–water partition coefficient (Wildman–Crippen LogP) is 5.63. The summed E-state index contributed by atoms with van der Waals surface area (Å²) in [5.74, 6) is 1.24. The summed E-state index contributed by atoms with van der Waals surface area (Å²) >= 11 is 3.68. The molecular formula is C20H15IN2O3S. The van der Waals surface area contributed by atoms with Gasteiger partial charge < -0.3 is 9.15 Å². The van der Waals surface area contributed by atoms with E-state index in [1.54, 1.807) is 12.1 Å². The van der Waals surface area contributed by atoms with Crippen molar-refractivity contribution in [1.82, 2.24) is 4.98 Å². The summed E-state index contributed by atoms with van der Waals surface area (Å²) in [5, 5.41) is 3.34. The van der Waals surface area contributed by atoms with Crippen LogP contribution in [0.4, 0.5) is 5.13 Å². The van der Waals surface area contributed by atoms with Crippen LogP contribution in [0.15, 0.2) is 59.0 Å². The van der Waals surface area contributed by atoms with Crippen molar-refractivity contribution in [3.63, 3.8) is 0 Å². The van der Waals surface area contributed by atoms with Crippen molar-refractivity contribution in [3.8, 4) is 5.75 Å². The van der Waals surface area contributed by atoms with Crippen molar-refractivity contribution in [3.05, 3.63) is 75.3 Å². The minimum absolute atomic E-state index is 0.228. The van der Waals surface area contributed by atoms with Gasteiger partial charge in [0, 0.05) is 3.57 Å². The molecule has 4 rings (SSSR count). The fraction of sp³-hybridized carbons (Fsp3) is 0.100. The van der Waals surface area contributed by atoms with E-state index < -0.39 is 0 Å². The molecule has 0 saturated carbocycles. The molecule has 0 atom stereocenters. The Kier molecular flexibility index (Phi) is 5.13. The monoisotopic (exact) mass is 490 g/mol. The molecular weight excluding hydrogens is 475 g/mol. The van der Waals surface area contributed by atoms with Gasteiger partial charge in [-0.3, -0.25) is 10.1 Å². The van der Waals surface area contributed by atoms with Crippen LogP contribution in [0.1, 0.15) is 21.9 Å². The van der Waals surface area contributed by atoms with Gasteiger partial charge in [0.05, 0.1) is 10.2 Å². The molecule has 2 heterocycles. The summed E-state index contributed by atoms with van der Waals surface area (Å²) in [4.78, 5) is 16.8. The smallest absolute Gasteiger partial charge is 0.293 e. The number of hydrogen-bond donors (Lipinski definition) is 1. The van der Waals surface area contributed by atoms with Crippen molar-refractivity contribution in [2.24, 2.45) is 0 Å². The molecule has 0 aliphatic rings. The van der Waals surface area contributed by atoms with E-state index in [1.807, 2.05) is 43.3 Å². The van der Waals surface area contributed by atoms with E-state index in [1.165, 1.54) is 11.3 Å². The fourth-order valence-corrected chi connectivity index (χ4v) is 3.83. The quantitative estimate of drug-likeness (QED) is 0.368. The van der Waals surface area contributed by atoms with Gasteiger partial charge in [0.2, 0.25) is 0 Å². The zero-order valence-corrected chi connectivity index (χ0v) is 17.3. The number of furan rings is 1. The Morgan fingerprint density at radius 2 is 2.00 bits per heavy atom. The van der Waals surface area contributed by atoms with Crippen LogP contribution in [-0.2, 0) is 6.61 Å². The Morgan fingerprint density at radius 1 is 1.19 bits per heavy atom. The molecule has 27 heavy (non-hydrogen) atoms. The zero-order valence-electron chi connectivity index (χ0n) is 14.4. The molecule has 136 valence electrons. The van der Waals surface area contributed by atoms with E-state index in [9.17, 15) is 4.79 Å². The van der Waals surface area contributed by atoms with Crippen molar-refractivity contribution in [1.29, 1.82) is 0 Å². The van der Waals surface area contributed by atoms with Gasteiger partial charge in [-0.15, -0.1) is 0 Å². The first-order chi connectivity index (χ1) is 13.1. The molecule has 7 heteroatoms. The number of anilines is 1. The van der Waals surface area contributed by atoms with Gasteiger partial charge in [0.1, 0.15) is 18.1 Å². The number of aryl methyl sites for hydroxylation is 1. The van der Waals surface area contributed by atoms with Crippen molar-refractivity contribution < 1.29 is 13.9 Å². The summed E-state index contributed by atoms with van der Waals surface area (Å²) < 4.78 is 13.4. The summed E-state index contributed by atoms with van der Waals surface area (Å²) in [6.07, 6.45) is 0. The first kappa shape index (κ1) is 18.0. The van der Waals surface area contributed by atoms with Crippen molar-refractivity contribution in [2.45, 2.75) is 13.5 Å². The van der Waals surface area contributed by atoms with Gasteiger partial charge in [-0.05, 0) is 83.6 Å². The standard InChI is InChI=1S/C20H15IN2O3S/c1-12-2-8-16-18(10-12)27-20(22-16)23-19(24)17-9-7-15(26-17)11-25-14-5-3-13(21)4-6-14/h2-10H,11H2,1H3,(H,22,23,24). The van der Waals surface area contributed by atoms with Gasteiger partial charge in [-0.25, -0.2) is 4.98 Å². The lowest BCUT2D eigenvalue weighted by Gasteiger charge is -2.04. The van der Waals surface area contributed by atoms with Crippen LogP contribution in [0.3, 0.4) is 0 Å². The lowest BCUT2D eigenvalue weighted by atomic mass is 10.2. The number of thiazole rings is 1. The maximum absolute atomic E-state index is 12.4. The molecule has 0 unspecified atom stereocenters. The molecule has 2 aromatic carbocycles. The molecule has 0 fully saturated rings. The van der Waals surface area contributed by atoms with E-state index in [-0.39, 0.29) is 18.3 Å². The minimum atomic E-state index is -0.328. The molecule has 0 radical (unpaired) electrons. The van der Waals surface area contributed by atoms with E-state index in [0.29, 0.717) is 10.9 Å². The van der Waals surface area contributed by atoms with Gasteiger partial charge in [-0.1, -0.05) is 17.4 Å². The van der Waals surface area contributed by atoms with E-state index in [4.69, 9.17) is 9.15 Å². The number of aromatic nitrogens is 1. The molecule has 1 amide bonds. The second-order valence-electron chi connectivity index (χ2n) is 5.95. The van der Waals surface area contributed by atoms with Crippen LogP contribution < -0.4 is 10.1 Å². The topological polar surface area (TPSA) is 64.4 Å². The average Bonchev–Trinajstić information content (AvgIpc) is 3.27. The maximum Gasteiger partial charge on any atom is 0.293 e. The van der Waals surface area contributed by atoms with Crippen LogP contribution in [0, 0.1) is 10.5 Å². The molecule has 0 saturated heterocycles. The number of amides is 1. The van der Waals surface area contributed by atoms with Crippen molar-refractivity contribution in [2.75, 3.05) is 5.32 Å². The molecule has 0 bridgehead atoms. The molecule has 2 aromatic heterocycles. The number of halogens is 1. The van der Waals surface area contributed by atoms with Crippen LogP contribution in [0.5, 0.6) is 5.75 Å². The van der Waals surface area contributed by atoms with E-state index in [2.05, 4.69) is 39.0 Å².